The molecule has 1 aromatic carbocycles. The first-order valence-electron chi connectivity index (χ1n) is 7.72. The minimum Gasteiger partial charge on any atom is -0.315 e. The molecule has 1 aromatic rings. The maximum atomic E-state index is 3.52. The van der Waals surface area contributed by atoms with E-state index in [4.69, 9.17) is 0 Å². The van der Waals surface area contributed by atoms with Crippen LogP contribution >= 0.6 is 0 Å². The molecular formula is C17H28N2. The molecule has 1 heterocycles. The Kier molecular flexibility index (Phi) is 5.41. The summed E-state index contributed by atoms with van der Waals surface area (Å²) in [5.41, 5.74) is 4.41. The lowest BCUT2D eigenvalue weighted by Crippen LogP contribution is -2.45. The largest absolute Gasteiger partial charge is 0.315 e. The number of hydrogen-bond acceptors (Lipinski definition) is 2. The molecule has 0 radical (unpaired) electrons. The number of rotatable bonds is 5. The number of nitrogens with zero attached hydrogens (tertiary/aromatic N) is 1. The van der Waals surface area contributed by atoms with Crippen molar-refractivity contribution in [3.63, 3.8) is 0 Å². The van der Waals surface area contributed by atoms with Crippen LogP contribution < -0.4 is 5.32 Å². The van der Waals surface area contributed by atoms with Crippen LogP contribution in [0, 0.1) is 13.8 Å². The van der Waals surface area contributed by atoms with Crippen molar-refractivity contribution in [2.24, 2.45) is 0 Å². The summed E-state index contributed by atoms with van der Waals surface area (Å²) < 4.78 is 0. The van der Waals surface area contributed by atoms with Crippen molar-refractivity contribution in [3.8, 4) is 0 Å². The van der Waals surface area contributed by atoms with E-state index in [0.717, 1.165) is 19.6 Å². The first-order valence-corrected chi connectivity index (χ1v) is 7.72. The monoisotopic (exact) mass is 260 g/mol. The molecule has 106 valence electrons. The molecule has 1 N–H and O–H groups in total. The van der Waals surface area contributed by atoms with E-state index in [-0.39, 0.29) is 0 Å². The van der Waals surface area contributed by atoms with Gasteiger partial charge in [0, 0.05) is 19.1 Å². The second-order valence-corrected chi connectivity index (χ2v) is 5.80. The fourth-order valence-corrected chi connectivity index (χ4v) is 3.11. The Labute approximate surface area is 118 Å². The highest BCUT2D eigenvalue weighted by Crippen LogP contribution is 2.22. The number of likely N-dealkylation sites (N-methyl/N-ethyl adjacent to an activating group) is 1. The van der Waals surface area contributed by atoms with Gasteiger partial charge in [0.05, 0.1) is 0 Å². The highest BCUT2D eigenvalue weighted by atomic mass is 15.2. The molecule has 1 atom stereocenters. The van der Waals surface area contributed by atoms with E-state index < -0.39 is 0 Å². The molecular weight excluding hydrogens is 232 g/mol. The summed E-state index contributed by atoms with van der Waals surface area (Å²) in [7, 11) is 0. The van der Waals surface area contributed by atoms with Crippen LogP contribution in [0.2, 0.25) is 0 Å². The zero-order chi connectivity index (χ0) is 13.7. The van der Waals surface area contributed by atoms with Gasteiger partial charge in [-0.3, -0.25) is 4.90 Å². The molecule has 0 spiro atoms. The molecule has 2 nitrogen and oxygen atoms in total. The molecule has 0 aromatic heterocycles. The van der Waals surface area contributed by atoms with Crippen LogP contribution in [-0.2, 0) is 6.54 Å². The smallest absolute Gasteiger partial charge is 0.0242 e. The molecule has 2 heteroatoms. The zero-order valence-electron chi connectivity index (χ0n) is 12.7. The number of nitrogens with one attached hydrogen (secondary N) is 1. The highest BCUT2D eigenvalue weighted by Gasteiger charge is 2.22. The maximum absolute atomic E-state index is 3.52. The third-order valence-electron chi connectivity index (χ3n) is 4.38. The van der Waals surface area contributed by atoms with Crippen LogP contribution in [0.1, 0.15) is 42.9 Å². The average Bonchev–Trinajstić information content (AvgIpc) is 2.42. The van der Waals surface area contributed by atoms with Crippen molar-refractivity contribution in [2.45, 2.75) is 52.6 Å². The minimum atomic E-state index is 0.715. The van der Waals surface area contributed by atoms with Crippen LogP contribution in [0.15, 0.2) is 18.2 Å². The minimum absolute atomic E-state index is 0.715. The summed E-state index contributed by atoms with van der Waals surface area (Å²) >= 11 is 0. The SMILES string of the molecule is CCNCC1CCCCN1Cc1c(C)cccc1C. The molecule has 1 aliphatic rings. The Hall–Kier alpha value is -0.860. The standard InChI is InChI=1S/C17H28N2/c1-4-18-12-16-10-5-6-11-19(16)13-17-14(2)8-7-9-15(17)3/h7-9,16,18H,4-6,10-13H2,1-3H3. The summed E-state index contributed by atoms with van der Waals surface area (Å²) in [6, 6.07) is 7.37. The van der Waals surface area contributed by atoms with E-state index in [1.165, 1.54) is 42.5 Å². The van der Waals surface area contributed by atoms with E-state index in [1.807, 2.05) is 0 Å². The predicted octanol–water partition coefficient (Wildman–Crippen LogP) is 3.27. The first kappa shape index (κ1) is 14.5. The lowest BCUT2D eigenvalue weighted by atomic mass is 9.98. The number of benzene rings is 1. The Bertz CT molecular complexity index is 380. The van der Waals surface area contributed by atoms with Crippen molar-refractivity contribution in [1.82, 2.24) is 10.2 Å². The van der Waals surface area contributed by atoms with E-state index in [1.54, 1.807) is 0 Å². The topological polar surface area (TPSA) is 15.3 Å². The molecule has 1 saturated heterocycles. The number of aryl methyl sites for hydroxylation is 2. The number of piperidine rings is 1. The van der Waals surface area contributed by atoms with Crippen molar-refractivity contribution in [1.29, 1.82) is 0 Å². The van der Waals surface area contributed by atoms with E-state index in [2.05, 4.69) is 49.2 Å². The Morgan fingerprint density at radius 3 is 2.63 bits per heavy atom. The molecule has 0 aliphatic carbocycles. The van der Waals surface area contributed by atoms with Crippen LogP contribution in [-0.4, -0.2) is 30.6 Å². The van der Waals surface area contributed by atoms with Crippen molar-refractivity contribution in [2.75, 3.05) is 19.6 Å². The van der Waals surface area contributed by atoms with Gasteiger partial charge in [0.25, 0.3) is 0 Å². The van der Waals surface area contributed by atoms with Crippen molar-refractivity contribution >= 4 is 0 Å². The quantitative estimate of drug-likeness (QED) is 0.874. The Morgan fingerprint density at radius 1 is 1.21 bits per heavy atom. The van der Waals surface area contributed by atoms with Gasteiger partial charge in [-0.15, -0.1) is 0 Å². The van der Waals surface area contributed by atoms with Gasteiger partial charge in [-0.05, 0) is 56.5 Å². The lowest BCUT2D eigenvalue weighted by molar-refractivity contribution is 0.137. The summed E-state index contributed by atoms with van der Waals surface area (Å²) in [5.74, 6) is 0. The third-order valence-corrected chi connectivity index (χ3v) is 4.38. The van der Waals surface area contributed by atoms with Gasteiger partial charge in [-0.25, -0.2) is 0 Å². The molecule has 0 amide bonds. The highest BCUT2D eigenvalue weighted by molar-refractivity contribution is 5.33. The van der Waals surface area contributed by atoms with E-state index in [9.17, 15) is 0 Å². The zero-order valence-corrected chi connectivity index (χ0v) is 12.7. The maximum Gasteiger partial charge on any atom is 0.0242 e. The third kappa shape index (κ3) is 3.80. The summed E-state index contributed by atoms with van der Waals surface area (Å²) in [5, 5.41) is 3.52. The predicted molar refractivity (Wildman–Crippen MR) is 82.5 cm³/mol. The second-order valence-electron chi connectivity index (χ2n) is 5.80. The molecule has 2 rings (SSSR count). The fraction of sp³-hybridized carbons (Fsp3) is 0.647. The van der Waals surface area contributed by atoms with Gasteiger partial charge < -0.3 is 5.32 Å². The van der Waals surface area contributed by atoms with Crippen molar-refractivity contribution < 1.29 is 0 Å². The molecule has 1 aliphatic heterocycles. The number of hydrogen-bond donors (Lipinski definition) is 1. The summed E-state index contributed by atoms with van der Waals surface area (Å²) in [6.45, 7) is 11.3. The van der Waals surface area contributed by atoms with Crippen LogP contribution in [0.4, 0.5) is 0 Å². The van der Waals surface area contributed by atoms with Gasteiger partial charge in [0.15, 0.2) is 0 Å². The van der Waals surface area contributed by atoms with Crippen molar-refractivity contribution in [3.05, 3.63) is 34.9 Å². The molecule has 1 fully saturated rings. The normalized spacial score (nSPS) is 20.7. The Balaban J connectivity index is 2.06. The Morgan fingerprint density at radius 2 is 1.95 bits per heavy atom. The average molecular weight is 260 g/mol. The first-order chi connectivity index (χ1) is 9.22. The van der Waals surface area contributed by atoms with Gasteiger partial charge in [0.2, 0.25) is 0 Å². The molecule has 1 unspecified atom stereocenters. The summed E-state index contributed by atoms with van der Waals surface area (Å²) in [6.07, 6.45) is 4.09. The van der Waals surface area contributed by atoms with Crippen LogP contribution in [0.3, 0.4) is 0 Å². The van der Waals surface area contributed by atoms with Crippen LogP contribution in [0.25, 0.3) is 0 Å². The molecule has 0 bridgehead atoms. The van der Waals surface area contributed by atoms with Crippen LogP contribution in [0.5, 0.6) is 0 Å². The summed E-state index contributed by atoms with van der Waals surface area (Å²) in [4.78, 5) is 2.68. The van der Waals surface area contributed by atoms with Gasteiger partial charge in [0.1, 0.15) is 0 Å². The molecule has 19 heavy (non-hydrogen) atoms. The van der Waals surface area contributed by atoms with E-state index >= 15 is 0 Å². The fourth-order valence-electron chi connectivity index (χ4n) is 3.11. The van der Waals surface area contributed by atoms with Gasteiger partial charge in [-0.1, -0.05) is 31.5 Å². The van der Waals surface area contributed by atoms with Gasteiger partial charge in [-0.2, -0.15) is 0 Å². The number of likely N-dealkylation sites (tertiary alicyclic amines) is 1. The van der Waals surface area contributed by atoms with E-state index in [0.29, 0.717) is 6.04 Å². The second kappa shape index (κ2) is 7.06. The molecule has 0 saturated carbocycles. The lowest BCUT2D eigenvalue weighted by Gasteiger charge is -2.36. The van der Waals surface area contributed by atoms with Gasteiger partial charge >= 0.3 is 0 Å².